The third kappa shape index (κ3) is 3.63. The molecule has 1 aromatic heterocycles. The van der Waals surface area contributed by atoms with E-state index in [2.05, 4.69) is 15.3 Å². The molecule has 6 heteroatoms. The molecule has 0 saturated heterocycles. The molecule has 0 spiro atoms. The van der Waals surface area contributed by atoms with E-state index in [1.807, 2.05) is 6.92 Å². The lowest BCUT2D eigenvalue weighted by atomic mass is 10.1. The molecular weight excluding hydrogens is 284 g/mol. The maximum atomic E-state index is 13.1. The number of hydrogen-bond acceptors (Lipinski definition) is 3. The van der Waals surface area contributed by atoms with Crippen molar-refractivity contribution in [2.75, 3.05) is 11.9 Å². The van der Waals surface area contributed by atoms with Gasteiger partial charge in [-0.05, 0) is 30.5 Å². The molecule has 106 valence electrons. The van der Waals surface area contributed by atoms with Crippen molar-refractivity contribution in [3.8, 4) is 0 Å². The number of nitrogens with zero attached hydrogens (tertiary/aromatic N) is 2. The largest absolute Gasteiger partial charge is 0.369 e. The number of halogens is 3. The Balaban J connectivity index is 2.01. The summed E-state index contributed by atoms with van der Waals surface area (Å²) >= 11 is 5.98. The number of rotatable bonds is 5. The van der Waals surface area contributed by atoms with Crippen molar-refractivity contribution in [1.82, 2.24) is 9.97 Å². The van der Waals surface area contributed by atoms with E-state index in [1.54, 1.807) is 0 Å². The third-order valence-electron chi connectivity index (χ3n) is 2.87. The minimum absolute atomic E-state index is 0.418. The van der Waals surface area contributed by atoms with Gasteiger partial charge in [0.05, 0.1) is 0 Å². The van der Waals surface area contributed by atoms with Crippen LogP contribution in [0.3, 0.4) is 0 Å². The van der Waals surface area contributed by atoms with Gasteiger partial charge in [0.1, 0.15) is 28.9 Å². The minimum Gasteiger partial charge on any atom is -0.369 e. The molecule has 2 aromatic rings. The van der Waals surface area contributed by atoms with Crippen LogP contribution in [0, 0.1) is 11.6 Å². The van der Waals surface area contributed by atoms with Crippen molar-refractivity contribution in [2.24, 2.45) is 0 Å². The van der Waals surface area contributed by atoms with Crippen LogP contribution >= 0.6 is 11.6 Å². The Labute approximate surface area is 121 Å². The lowest BCUT2D eigenvalue weighted by Gasteiger charge is -2.10. The summed E-state index contributed by atoms with van der Waals surface area (Å²) in [4.78, 5) is 8.04. The number of aromatic nitrogens is 2. The molecule has 1 heterocycles. The summed E-state index contributed by atoms with van der Waals surface area (Å²) in [5.74, 6) is -0.483. The maximum Gasteiger partial charge on any atom is 0.137 e. The number of benzene rings is 1. The summed E-state index contributed by atoms with van der Waals surface area (Å²) in [7, 11) is 0. The van der Waals surface area contributed by atoms with Crippen LogP contribution in [0.1, 0.15) is 18.1 Å². The van der Waals surface area contributed by atoms with Crippen molar-refractivity contribution in [3.63, 3.8) is 0 Å². The highest BCUT2D eigenvalue weighted by atomic mass is 35.5. The molecule has 0 aliphatic heterocycles. The van der Waals surface area contributed by atoms with E-state index in [-0.39, 0.29) is 0 Å². The van der Waals surface area contributed by atoms with E-state index in [0.29, 0.717) is 35.9 Å². The lowest BCUT2D eigenvalue weighted by Crippen LogP contribution is -2.09. The number of hydrogen-bond donors (Lipinski definition) is 1. The van der Waals surface area contributed by atoms with Crippen LogP contribution in [0.2, 0.25) is 5.15 Å². The van der Waals surface area contributed by atoms with Crippen molar-refractivity contribution in [3.05, 3.63) is 52.4 Å². The van der Waals surface area contributed by atoms with Gasteiger partial charge < -0.3 is 5.32 Å². The molecule has 0 radical (unpaired) electrons. The van der Waals surface area contributed by atoms with E-state index in [1.165, 1.54) is 18.5 Å². The van der Waals surface area contributed by atoms with Crippen LogP contribution in [0.4, 0.5) is 14.6 Å². The van der Waals surface area contributed by atoms with E-state index < -0.39 is 11.6 Å². The first-order valence-corrected chi connectivity index (χ1v) is 6.66. The zero-order valence-electron chi connectivity index (χ0n) is 11.0. The van der Waals surface area contributed by atoms with Gasteiger partial charge in [-0.3, -0.25) is 0 Å². The standard InChI is InChI=1S/C14H14ClF2N3/c1-2-12-13(15)19-8-20-14(12)18-4-3-9-5-10(16)7-11(17)6-9/h5-8H,2-4H2,1H3,(H,18,19,20). The lowest BCUT2D eigenvalue weighted by molar-refractivity contribution is 0.580. The highest BCUT2D eigenvalue weighted by Gasteiger charge is 2.07. The Morgan fingerprint density at radius 1 is 1.15 bits per heavy atom. The predicted octanol–water partition coefficient (Wildman–Crippen LogP) is 3.63. The molecular formula is C14H14ClF2N3. The molecule has 0 aliphatic carbocycles. The van der Waals surface area contributed by atoms with E-state index in [0.717, 1.165) is 11.6 Å². The Bertz CT molecular complexity index is 585. The summed E-state index contributed by atoms with van der Waals surface area (Å²) in [5, 5.41) is 3.53. The maximum absolute atomic E-state index is 13.1. The third-order valence-corrected chi connectivity index (χ3v) is 3.20. The molecule has 0 atom stereocenters. The van der Waals surface area contributed by atoms with E-state index in [4.69, 9.17) is 11.6 Å². The Morgan fingerprint density at radius 2 is 1.85 bits per heavy atom. The second-order valence-electron chi connectivity index (χ2n) is 4.30. The van der Waals surface area contributed by atoms with Crippen molar-refractivity contribution < 1.29 is 8.78 Å². The summed E-state index contributed by atoms with van der Waals surface area (Å²) < 4.78 is 26.1. The Hall–Kier alpha value is -1.75. The fourth-order valence-corrected chi connectivity index (χ4v) is 2.20. The average Bonchev–Trinajstić information content (AvgIpc) is 2.38. The molecule has 0 unspecified atom stereocenters. The zero-order chi connectivity index (χ0) is 14.5. The predicted molar refractivity (Wildman–Crippen MR) is 75.0 cm³/mol. The highest BCUT2D eigenvalue weighted by molar-refractivity contribution is 6.30. The van der Waals surface area contributed by atoms with Gasteiger partial charge in [0.15, 0.2) is 0 Å². The smallest absolute Gasteiger partial charge is 0.137 e. The topological polar surface area (TPSA) is 37.8 Å². The SMILES string of the molecule is CCc1c(Cl)ncnc1NCCc1cc(F)cc(F)c1. The van der Waals surface area contributed by atoms with Crippen LogP contribution in [-0.2, 0) is 12.8 Å². The van der Waals surface area contributed by atoms with Crippen molar-refractivity contribution in [1.29, 1.82) is 0 Å². The molecule has 0 bridgehead atoms. The fourth-order valence-electron chi connectivity index (χ4n) is 1.94. The van der Waals surface area contributed by atoms with Gasteiger partial charge in [-0.15, -0.1) is 0 Å². The summed E-state index contributed by atoms with van der Waals surface area (Å²) in [6.45, 7) is 2.46. The van der Waals surface area contributed by atoms with Gasteiger partial charge in [0.25, 0.3) is 0 Å². The van der Waals surface area contributed by atoms with Crippen LogP contribution < -0.4 is 5.32 Å². The second-order valence-corrected chi connectivity index (χ2v) is 4.66. The highest BCUT2D eigenvalue weighted by Crippen LogP contribution is 2.20. The molecule has 0 fully saturated rings. The molecule has 2 rings (SSSR count). The first kappa shape index (κ1) is 14.7. The zero-order valence-corrected chi connectivity index (χ0v) is 11.7. The van der Waals surface area contributed by atoms with Crippen LogP contribution in [0.5, 0.6) is 0 Å². The molecule has 3 nitrogen and oxygen atoms in total. The van der Waals surface area contributed by atoms with Gasteiger partial charge in [-0.2, -0.15) is 0 Å². The average molecular weight is 298 g/mol. The molecule has 20 heavy (non-hydrogen) atoms. The monoisotopic (exact) mass is 297 g/mol. The first-order valence-electron chi connectivity index (χ1n) is 6.28. The number of nitrogens with one attached hydrogen (secondary N) is 1. The molecule has 0 aliphatic rings. The van der Waals surface area contributed by atoms with Crippen molar-refractivity contribution in [2.45, 2.75) is 19.8 Å². The van der Waals surface area contributed by atoms with Gasteiger partial charge in [-0.25, -0.2) is 18.7 Å². The molecule has 1 aromatic carbocycles. The Morgan fingerprint density at radius 3 is 2.50 bits per heavy atom. The van der Waals surface area contributed by atoms with Crippen LogP contribution in [0.25, 0.3) is 0 Å². The van der Waals surface area contributed by atoms with E-state index in [9.17, 15) is 8.78 Å². The molecule has 0 saturated carbocycles. The van der Waals surface area contributed by atoms with E-state index >= 15 is 0 Å². The summed E-state index contributed by atoms with van der Waals surface area (Å²) in [5.41, 5.74) is 1.42. The first-order chi connectivity index (χ1) is 9.60. The second kappa shape index (κ2) is 6.61. The van der Waals surface area contributed by atoms with Crippen LogP contribution in [-0.4, -0.2) is 16.5 Å². The number of anilines is 1. The van der Waals surface area contributed by atoms with Gasteiger partial charge in [0, 0.05) is 18.2 Å². The Kier molecular flexibility index (Phi) is 4.84. The summed E-state index contributed by atoms with van der Waals surface area (Å²) in [6.07, 6.45) is 2.57. The summed E-state index contributed by atoms with van der Waals surface area (Å²) in [6, 6.07) is 3.49. The fraction of sp³-hybridized carbons (Fsp3) is 0.286. The minimum atomic E-state index is -0.570. The van der Waals surface area contributed by atoms with Gasteiger partial charge >= 0.3 is 0 Å². The quantitative estimate of drug-likeness (QED) is 0.857. The van der Waals surface area contributed by atoms with Gasteiger partial charge in [-0.1, -0.05) is 18.5 Å². The van der Waals surface area contributed by atoms with Crippen LogP contribution in [0.15, 0.2) is 24.5 Å². The molecule has 0 amide bonds. The molecule has 1 N–H and O–H groups in total. The normalized spacial score (nSPS) is 10.6. The van der Waals surface area contributed by atoms with Gasteiger partial charge in [0.2, 0.25) is 0 Å². The van der Waals surface area contributed by atoms with Crippen molar-refractivity contribution >= 4 is 17.4 Å².